The highest BCUT2D eigenvalue weighted by atomic mass is 35.5. The van der Waals surface area contributed by atoms with E-state index in [4.69, 9.17) is 16.3 Å². The summed E-state index contributed by atoms with van der Waals surface area (Å²) in [6.45, 7) is 2.04. The van der Waals surface area contributed by atoms with Crippen LogP contribution in [0.2, 0.25) is 5.02 Å². The molecule has 0 saturated carbocycles. The van der Waals surface area contributed by atoms with E-state index in [1.807, 2.05) is 12.1 Å². The van der Waals surface area contributed by atoms with Crippen molar-refractivity contribution >= 4 is 11.6 Å². The predicted molar refractivity (Wildman–Crippen MR) is 57.8 cm³/mol. The number of benzene rings is 1. The van der Waals surface area contributed by atoms with E-state index in [0.29, 0.717) is 5.02 Å². The van der Waals surface area contributed by atoms with E-state index < -0.39 is 0 Å². The fourth-order valence-electron chi connectivity index (χ4n) is 1.70. The molecule has 0 unspecified atom stereocenters. The summed E-state index contributed by atoms with van der Waals surface area (Å²) in [7, 11) is 1.63. The number of hydrogen-bond donors (Lipinski definition) is 1. The number of rotatable bonds is 2. The van der Waals surface area contributed by atoms with Crippen LogP contribution in [-0.2, 0) is 0 Å². The fourth-order valence-corrected chi connectivity index (χ4v) is 1.96. The molecule has 75 valence electrons. The summed E-state index contributed by atoms with van der Waals surface area (Å²) in [6, 6.07) is 5.96. The number of halogens is 1. The molecule has 3 heteroatoms. The van der Waals surface area contributed by atoms with Gasteiger partial charge >= 0.3 is 0 Å². The molecule has 1 radical (unpaired) electrons. The molecule has 1 saturated heterocycles. The summed E-state index contributed by atoms with van der Waals surface area (Å²) in [6.07, 6.45) is 1.11. The van der Waals surface area contributed by atoms with Crippen molar-refractivity contribution in [1.29, 1.82) is 0 Å². The van der Waals surface area contributed by atoms with Crippen molar-refractivity contribution in [2.45, 2.75) is 6.42 Å². The van der Waals surface area contributed by atoms with Gasteiger partial charge in [-0.1, -0.05) is 17.7 Å². The van der Waals surface area contributed by atoms with E-state index in [1.165, 1.54) is 11.5 Å². The Morgan fingerprint density at radius 3 is 2.86 bits per heavy atom. The molecule has 1 N–H and O–H groups in total. The van der Waals surface area contributed by atoms with Gasteiger partial charge in [0.1, 0.15) is 5.75 Å². The largest absolute Gasteiger partial charge is 0.495 e. The van der Waals surface area contributed by atoms with E-state index in [-0.39, 0.29) is 0 Å². The van der Waals surface area contributed by atoms with Crippen LogP contribution in [0.1, 0.15) is 12.0 Å². The third-order valence-electron chi connectivity index (χ3n) is 2.50. The zero-order valence-corrected chi connectivity index (χ0v) is 8.90. The summed E-state index contributed by atoms with van der Waals surface area (Å²) in [5.41, 5.74) is 1.22. The van der Waals surface area contributed by atoms with E-state index >= 15 is 0 Å². The molecule has 0 spiro atoms. The van der Waals surface area contributed by atoms with Crippen LogP contribution < -0.4 is 10.1 Å². The monoisotopic (exact) mass is 210 g/mol. The average Bonchev–Trinajstić information content (AvgIpc) is 2.70. The van der Waals surface area contributed by atoms with E-state index in [0.717, 1.165) is 25.3 Å². The average molecular weight is 211 g/mol. The molecule has 1 aromatic carbocycles. The predicted octanol–water partition coefficient (Wildman–Crippen LogP) is 2.26. The Morgan fingerprint density at radius 2 is 2.29 bits per heavy atom. The Bertz CT molecular complexity index is 321. The van der Waals surface area contributed by atoms with Gasteiger partial charge in [0.15, 0.2) is 0 Å². The second-order valence-corrected chi connectivity index (χ2v) is 3.79. The highest BCUT2D eigenvalue weighted by Gasteiger charge is 2.18. The molecule has 0 amide bonds. The lowest BCUT2D eigenvalue weighted by molar-refractivity contribution is 0.415. The van der Waals surface area contributed by atoms with Crippen LogP contribution in [0.4, 0.5) is 0 Å². The zero-order valence-electron chi connectivity index (χ0n) is 8.14. The smallest absolute Gasteiger partial charge is 0.137 e. The molecule has 1 aliphatic heterocycles. The highest BCUT2D eigenvalue weighted by Crippen LogP contribution is 2.29. The molecule has 0 aliphatic carbocycles. The Balaban J connectivity index is 2.23. The first kappa shape index (κ1) is 9.81. The number of hydrogen-bond acceptors (Lipinski definition) is 2. The molecular weight excluding hydrogens is 198 g/mol. The normalized spacial score (nSPS) is 17.3. The molecule has 0 aromatic heterocycles. The summed E-state index contributed by atoms with van der Waals surface area (Å²) in [5.74, 6) is 2.16. The first-order valence-electron chi connectivity index (χ1n) is 4.70. The maximum atomic E-state index is 6.05. The summed E-state index contributed by atoms with van der Waals surface area (Å²) in [5, 5.41) is 3.99. The third-order valence-corrected chi connectivity index (χ3v) is 2.80. The summed E-state index contributed by atoms with van der Waals surface area (Å²) in [4.78, 5) is 0. The second-order valence-electron chi connectivity index (χ2n) is 3.38. The lowest BCUT2D eigenvalue weighted by Crippen LogP contribution is -2.08. The lowest BCUT2D eigenvalue weighted by Gasteiger charge is -2.10. The van der Waals surface area contributed by atoms with Gasteiger partial charge in [-0.3, -0.25) is 0 Å². The van der Waals surface area contributed by atoms with Crippen molar-refractivity contribution in [2.75, 3.05) is 20.2 Å². The van der Waals surface area contributed by atoms with Gasteiger partial charge in [0, 0.05) is 12.5 Å². The van der Waals surface area contributed by atoms with Gasteiger partial charge in [-0.2, -0.15) is 0 Å². The molecule has 1 aliphatic rings. The number of nitrogens with one attached hydrogen (secondary N) is 1. The SMILES string of the molecule is COc1ccc([C]2CCNC2)cc1Cl. The quantitative estimate of drug-likeness (QED) is 0.809. The minimum Gasteiger partial charge on any atom is -0.495 e. The third kappa shape index (κ3) is 1.86. The van der Waals surface area contributed by atoms with Gasteiger partial charge in [0.25, 0.3) is 0 Å². The topological polar surface area (TPSA) is 21.3 Å². The minimum atomic E-state index is 0.685. The first-order valence-corrected chi connectivity index (χ1v) is 5.08. The Kier molecular flexibility index (Phi) is 2.94. The minimum absolute atomic E-state index is 0.685. The van der Waals surface area contributed by atoms with E-state index in [9.17, 15) is 0 Å². The maximum Gasteiger partial charge on any atom is 0.137 e. The molecule has 1 fully saturated rings. The van der Waals surface area contributed by atoms with Crippen molar-refractivity contribution in [3.63, 3.8) is 0 Å². The van der Waals surface area contributed by atoms with Crippen molar-refractivity contribution in [3.05, 3.63) is 34.7 Å². The van der Waals surface area contributed by atoms with Gasteiger partial charge in [0.2, 0.25) is 0 Å². The van der Waals surface area contributed by atoms with Crippen LogP contribution in [0.5, 0.6) is 5.75 Å². The molecule has 0 bridgehead atoms. The molecule has 0 atom stereocenters. The first-order chi connectivity index (χ1) is 6.81. The van der Waals surface area contributed by atoms with Crippen molar-refractivity contribution in [2.24, 2.45) is 0 Å². The standard InChI is InChI=1S/C11H13ClNO/c1-14-11-3-2-8(6-10(11)12)9-4-5-13-7-9/h2-3,6,13H,4-5,7H2,1H3. The molecule has 2 nitrogen and oxygen atoms in total. The molecule has 14 heavy (non-hydrogen) atoms. The molecular formula is C11H13ClNO. The van der Waals surface area contributed by atoms with Crippen LogP contribution >= 0.6 is 11.6 Å². The molecule has 1 aromatic rings. The van der Waals surface area contributed by atoms with Gasteiger partial charge in [-0.25, -0.2) is 0 Å². The van der Waals surface area contributed by atoms with Crippen molar-refractivity contribution in [1.82, 2.24) is 5.32 Å². The highest BCUT2D eigenvalue weighted by molar-refractivity contribution is 6.32. The summed E-state index contributed by atoms with van der Waals surface area (Å²) < 4.78 is 5.11. The lowest BCUT2D eigenvalue weighted by atomic mass is 9.98. The van der Waals surface area contributed by atoms with E-state index in [2.05, 4.69) is 11.4 Å². The van der Waals surface area contributed by atoms with E-state index in [1.54, 1.807) is 7.11 Å². The Morgan fingerprint density at radius 1 is 1.43 bits per heavy atom. The van der Waals surface area contributed by atoms with Crippen molar-refractivity contribution in [3.8, 4) is 5.75 Å². The van der Waals surface area contributed by atoms with Gasteiger partial charge in [0.05, 0.1) is 12.1 Å². The second kappa shape index (κ2) is 4.20. The van der Waals surface area contributed by atoms with Crippen LogP contribution in [0.25, 0.3) is 0 Å². The van der Waals surface area contributed by atoms with Crippen LogP contribution in [0, 0.1) is 5.92 Å². The van der Waals surface area contributed by atoms with Crippen molar-refractivity contribution < 1.29 is 4.74 Å². The molecule has 2 rings (SSSR count). The van der Waals surface area contributed by atoms with Gasteiger partial charge in [-0.15, -0.1) is 0 Å². The Labute approximate surface area is 89.2 Å². The molecule has 1 heterocycles. The van der Waals surface area contributed by atoms with Gasteiger partial charge < -0.3 is 10.1 Å². The van der Waals surface area contributed by atoms with Crippen LogP contribution in [0.3, 0.4) is 0 Å². The number of ether oxygens (including phenoxy) is 1. The summed E-state index contributed by atoms with van der Waals surface area (Å²) >= 11 is 6.05. The maximum absolute atomic E-state index is 6.05. The fraction of sp³-hybridized carbons (Fsp3) is 0.364. The van der Waals surface area contributed by atoms with Crippen LogP contribution in [0.15, 0.2) is 18.2 Å². The zero-order chi connectivity index (χ0) is 9.97. The Hall–Kier alpha value is -0.730. The van der Waals surface area contributed by atoms with Gasteiger partial charge in [-0.05, 0) is 30.7 Å². The van der Waals surface area contributed by atoms with Crippen LogP contribution in [-0.4, -0.2) is 20.2 Å². The number of methoxy groups -OCH3 is 1.